The van der Waals surface area contributed by atoms with E-state index in [0.717, 1.165) is 0 Å². The van der Waals surface area contributed by atoms with Crippen molar-refractivity contribution >= 4 is 59.8 Å². The van der Waals surface area contributed by atoms with Crippen molar-refractivity contribution in [1.29, 1.82) is 0 Å². The molecule has 0 aliphatic heterocycles. The van der Waals surface area contributed by atoms with Crippen LogP contribution in [0, 0.1) is 20.2 Å². The SMILES string of the molecule is CN=C([S-])N/N=C/c1ccc([N+](=O)[O-])o1.CN=C([S-])N/N=C/c1ccc([N+](=O)[O-])o1.[Pd+2]. The fourth-order valence-corrected chi connectivity index (χ4v) is 1.53. The molecule has 31 heavy (non-hydrogen) atoms. The van der Waals surface area contributed by atoms with Gasteiger partial charge in [-0.3, -0.25) is 41.1 Å². The zero-order valence-corrected chi connectivity index (χ0v) is 18.9. The minimum absolute atomic E-state index is 0. The van der Waals surface area contributed by atoms with Crippen LogP contribution in [0.25, 0.3) is 0 Å². The van der Waals surface area contributed by atoms with Gasteiger partial charge >= 0.3 is 32.2 Å². The van der Waals surface area contributed by atoms with E-state index in [1.54, 1.807) is 0 Å². The summed E-state index contributed by atoms with van der Waals surface area (Å²) in [7, 11) is 3.03. The maximum Gasteiger partial charge on any atom is 2.00 e. The molecule has 2 aromatic rings. The van der Waals surface area contributed by atoms with Gasteiger partial charge in [0.2, 0.25) is 0 Å². The Labute approximate surface area is 199 Å². The first-order chi connectivity index (χ1) is 14.3. The third-order valence-electron chi connectivity index (χ3n) is 2.70. The molecule has 0 spiro atoms. The predicted octanol–water partition coefficient (Wildman–Crippen LogP) is 1.29. The summed E-state index contributed by atoms with van der Waals surface area (Å²) in [4.78, 5) is 26.5. The standard InChI is InChI=1S/2C7H8N4O3S.Pd/c2*1-8-7(15)10-9-4-5-2-3-6(14-5)11(12)13;/h2*2-4H,1H3,(H2,8,10,15);/q;;+2/p-2/b2*9-4+;. The summed E-state index contributed by atoms with van der Waals surface area (Å²) in [5.74, 6) is -0.153. The first-order valence-corrected chi connectivity index (χ1v) is 8.42. The number of aliphatic imine (C=N–C) groups is 2. The van der Waals surface area contributed by atoms with Crippen molar-refractivity contribution in [1.82, 2.24) is 10.9 Å². The zero-order chi connectivity index (χ0) is 22.5. The van der Waals surface area contributed by atoms with E-state index < -0.39 is 9.85 Å². The molecule has 14 nitrogen and oxygen atoms in total. The summed E-state index contributed by atoms with van der Waals surface area (Å²) in [5, 5.41) is 28.3. The summed E-state index contributed by atoms with van der Waals surface area (Å²) in [6.45, 7) is 0. The maximum absolute atomic E-state index is 10.3. The maximum atomic E-state index is 10.3. The van der Waals surface area contributed by atoms with Gasteiger partial charge in [0.25, 0.3) is 0 Å². The molecule has 0 fully saturated rings. The Kier molecular flexibility index (Phi) is 13.1. The van der Waals surface area contributed by atoms with Crippen LogP contribution >= 0.6 is 0 Å². The van der Waals surface area contributed by atoms with Crippen molar-refractivity contribution in [2.75, 3.05) is 14.1 Å². The quantitative estimate of drug-likeness (QED) is 0.130. The molecule has 0 aromatic carbocycles. The topological polar surface area (TPSA) is 186 Å². The van der Waals surface area contributed by atoms with Crippen molar-refractivity contribution in [3.63, 3.8) is 0 Å². The Bertz CT molecular complexity index is 909. The molecule has 0 aliphatic carbocycles. The minimum atomic E-state index is -0.628. The molecule has 168 valence electrons. The van der Waals surface area contributed by atoms with E-state index in [-0.39, 0.29) is 54.0 Å². The Morgan fingerprint density at radius 3 is 1.48 bits per heavy atom. The van der Waals surface area contributed by atoms with E-state index in [4.69, 9.17) is 8.83 Å². The summed E-state index contributed by atoms with van der Waals surface area (Å²) >= 11 is 9.37. The van der Waals surface area contributed by atoms with Crippen molar-refractivity contribution in [3.8, 4) is 0 Å². The molecule has 2 N–H and O–H groups in total. The number of furan rings is 2. The average molecular weight is 561 g/mol. The first-order valence-electron chi connectivity index (χ1n) is 7.61. The number of nitrogens with one attached hydrogen (secondary N) is 2. The molecular formula is C14H14N8O6PdS2. The summed E-state index contributed by atoms with van der Waals surface area (Å²) in [6, 6.07) is 5.33. The zero-order valence-electron chi connectivity index (χ0n) is 15.7. The largest absolute Gasteiger partial charge is 2.00 e. The number of hydrogen-bond donors (Lipinski definition) is 2. The van der Waals surface area contributed by atoms with Crippen LogP contribution in [-0.4, -0.2) is 46.7 Å². The van der Waals surface area contributed by atoms with Gasteiger partial charge < -0.3 is 34.1 Å². The number of hydrogen-bond acceptors (Lipinski definition) is 12. The third-order valence-corrected chi connectivity index (χ3v) is 3.24. The summed E-state index contributed by atoms with van der Waals surface area (Å²) in [5.41, 5.74) is 4.85. The predicted molar refractivity (Wildman–Crippen MR) is 114 cm³/mol. The van der Waals surface area contributed by atoms with Gasteiger partial charge in [0.15, 0.2) is 11.5 Å². The van der Waals surface area contributed by atoms with Crippen molar-refractivity contribution in [2.24, 2.45) is 20.2 Å². The van der Waals surface area contributed by atoms with Crippen LogP contribution in [0.5, 0.6) is 0 Å². The molecule has 0 aliphatic rings. The van der Waals surface area contributed by atoms with Crippen LogP contribution in [-0.2, 0) is 45.7 Å². The van der Waals surface area contributed by atoms with E-state index in [1.165, 1.54) is 50.8 Å². The number of hydrazone groups is 2. The average Bonchev–Trinajstić information content (AvgIpc) is 3.38. The first kappa shape index (κ1) is 27.7. The Hall–Kier alpha value is -3.26. The third kappa shape index (κ3) is 10.9. The van der Waals surface area contributed by atoms with Crippen LogP contribution in [0.1, 0.15) is 11.5 Å². The molecule has 2 rings (SSSR count). The van der Waals surface area contributed by atoms with E-state index in [1.807, 2.05) is 0 Å². The fourth-order valence-electron chi connectivity index (χ4n) is 1.42. The molecular weight excluding hydrogens is 547 g/mol. The molecule has 0 saturated heterocycles. The summed E-state index contributed by atoms with van der Waals surface area (Å²) in [6.07, 6.45) is 2.54. The monoisotopic (exact) mass is 560 g/mol. The van der Waals surface area contributed by atoms with Crippen molar-refractivity contribution < 1.29 is 39.1 Å². The van der Waals surface area contributed by atoms with E-state index in [9.17, 15) is 20.2 Å². The van der Waals surface area contributed by atoms with Gasteiger partial charge in [-0.1, -0.05) is 0 Å². The second-order valence-electron chi connectivity index (χ2n) is 4.66. The summed E-state index contributed by atoms with van der Waals surface area (Å²) < 4.78 is 9.60. The molecule has 0 saturated carbocycles. The minimum Gasteiger partial charge on any atom is -0.741 e. The Balaban J connectivity index is 0.000000562. The van der Waals surface area contributed by atoms with E-state index >= 15 is 0 Å². The van der Waals surface area contributed by atoms with Crippen LogP contribution in [0.15, 0.2) is 53.3 Å². The van der Waals surface area contributed by atoms with Crippen LogP contribution in [0.3, 0.4) is 0 Å². The molecule has 0 radical (unpaired) electrons. The normalized spacial score (nSPS) is 11.5. The fraction of sp³-hybridized carbons (Fsp3) is 0.143. The molecule has 0 unspecified atom stereocenters. The van der Waals surface area contributed by atoms with Gasteiger partial charge in [-0.15, -0.1) is 0 Å². The van der Waals surface area contributed by atoms with E-state index in [2.05, 4.69) is 56.3 Å². The molecule has 2 heterocycles. The van der Waals surface area contributed by atoms with Gasteiger partial charge in [-0.05, 0) is 22.5 Å². The smallest absolute Gasteiger partial charge is 0.741 e. The second kappa shape index (κ2) is 14.7. The number of nitrogens with zero attached hydrogens (tertiary/aromatic N) is 6. The van der Waals surface area contributed by atoms with Gasteiger partial charge in [0.05, 0.1) is 24.6 Å². The molecule has 2 aromatic heterocycles. The Morgan fingerprint density at radius 1 is 0.871 bits per heavy atom. The van der Waals surface area contributed by atoms with Crippen molar-refractivity contribution in [3.05, 3.63) is 56.0 Å². The molecule has 0 bridgehead atoms. The van der Waals surface area contributed by atoms with Gasteiger partial charge in [-0.25, -0.2) is 0 Å². The van der Waals surface area contributed by atoms with Gasteiger partial charge in [0, 0.05) is 14.1 Å². The second-order valence-corrected chi connectivity index (χ2v) is 5.44. The van der Waals surface area contributed by atoms with Crippen LogP contribution in [0.4, 0.5) is 11.8 Å². The number of amidine groups is 2. The van der Waals surface area contributed by atoms with Crippen molar-refractivity contribution in [2.45, 2.75) is 0 Å². The van der Waals surface area contributed by atoms with Gasteiger partial charge in [0.1, 0.15) is 9.85 Å². The number of nitro groups is 2. The van der Waals surface area contributed by atoms with E-state index in [0.29, 0.717) is 0 Å². The van der Waals surface area contributed by atoms with Crippen LogP contribution < -0.4 is 10.9 Å². The van der Waals surface area contributed by atoms with Crippen LogP contribution in [0.2, 0.25) is 0 Å². The number of rotatable bonds is 6. The Morgan fingerprint density at radius 2 is 1.23 bits per heavy atom. The van der Waals surface area contributed by atoms with Gasteiger partial charge in [-0.2, -0.15) is 10.2 Å². The molecule has 0 atom stereocenters. The molecule has 0 amide bonds. The molecule has 17 heteroatoms.